The van der Waals surface area contributed by atoms with Gasteiger partial charge < -0.3 is 24.3 Å². The van der Waals surface area contributed by atoms with Crippen LogP contribution in [0.5, 0.6) is 0 Å². The fourth-order valence-corrected chi connectivity index (χ4v) is 8.80. The molecule has 0 heterocycles. The van der Waals surface area contributed by atoms with Crippen LogP contribution in [0, 0.1) is 5.92 Å². The standard InChI is InChI=1S/C50H98N2O5/c1-4-7-10-13-16-17-18-21-31-44-56-49(45-54)36-28-30-39-51(40-41-52(42-43-53)48-34-26-27-35-48)38-29-22-25-37-50(55)57-46-47(32-23-19-14-11-8-5-2)33-24-20-15-12-9-6-3/h45,47-49,53H,4-44,46H2,1-3H3. The molecule has 0 aliphatic heterocycles. The molecule has 1 N–H and O–H groups in total. The Hall–Kier alpha value is -1.02. The summed E-state index contributed by atoms with van der Waals surface area (Å²) in [5.74, 6) is 0.506. The summed E-state index contributed by atoms with van der Waals surface area (Å²) in [4.78, 5) is 29.7. The predicted molar refractivity (Wildman–Crippen MR) is 243 cm³/mol. The van der Waals surface area contributed by atoms with Crippen molar-refractivity contribution < 1.29 is 24.2 Å². The third-order valence-corrected chi connectivity index (χ3v) is 12.6. The second kappa shape index (κ2) is 41.7. The normalized spacial score (nSPS) is 14.1. The SMILES string of the molecule is CCCCCCCCCCCOC(C=O)CCCCN(CCCCCC(=O)OCC(CCCCCCCC)CCCCCCCC)CCN(CCO)C1CCCC1. The van der Waals surface area contributed by atoms with E-state index in [0.717, 1.165) is 84.0 Å². The van der Waals surface area contributed by atoms with Gasteiger partial charge in [-0.1, -0.05) is 168 Å². The van der Waals surface area contributed by atoms with E-state index in [1.165, 1.54) is 167 Å². The number of carbonyl (C=O) groups excluding carboxylic acids is 2. The van der Waals surface area contributed by atoms with Crippen molar-refractivity contribution in [2.24, 2.45) is 5.92 Å². The average molecular weight is 807 g/mol. The molecule has 0 aromatic carbocycles. The minimum absolute atomic E-state index is 0.0105. The Morgan fingerprint density at radius 1 is 0.596 bits per heavy atom. The minimum Gasteiger partial charge on any atom is -0.465 e. The molecule has 0 spiro atoms. The Bertz CT molecular complexity index is 837. The first-order valence-corrected chi connectivity index (χ1v) is 25.4. The third kappa shape index (κ3) is 33.4. The summed E-state index contributed by atoms with van der Waals surface area (Å²) in [5.41, 5.74) is 0. The summed E-state index contributed by atoms with van der Waals surface area (Å²) in [6.45, 7) is 13.1. The van der Waals surface area contributed by atoms with Gasteiger partial charge in [-0.3, -0.25) is 9.69 Å². The maximum atomic E-state index is 12.8. The van der Waals surface area contributed by atoms with E-state index in [2.05, 4.69) is 30.6 Å². The number of aliphatic hydroxyl groups excluding tert-OH is 1. The van der Waals surface area contributed by atoms with E-state index in [9.17, 15) is 14.7 Å². The number of nitrogens with zero attached hydrogens (tertiary/aromatic N) is 2. The molecule has 0 amide bonds. The van der Waals surface area contributed by atoms with Crippen molar-refractivity contribution in [2.75, 3.05) is 52.5 Å². The summed E-state index contributed by atoms with van der Waals surface area (Å²) < 4.78 is 11.9. The molecule has 1 fully saturated rings. The number of aliphatic hydroxyl groups is 1. The molecule has 338 valence electrons. The van der Waals surface area contributed by atoms with Gasteiger partial charge in [0.05, 0.1) is 13.2 Å². The van der Waals surface area contributed by atoms with Crippen LogP contribution in [0.2, 0.25) is 0 Å². The minimum atomic E-state index is -0.281. The lowest BCUT2D eigenvalue weighted by molar-refractivity contribution is -0.145. The summed E-state index contributed by atoms with van der Waals surface area (Å²) in [6.07, 6.45) is 42.0. The molecule has 1 rings (SSSR count). The largest absolute Gasteiger partial charge is 0.465 e. The molecular weight excluding hydrogens is 709 g/mol. The van der Waals surface area contributed by atoms with Crippen molar-refractivity contribution in [3.05, 3.63) is 0 Å². The summed E-state index contributed by atoms with van der Waals surface area (Å²) in [7, 11) is 0. The fourth-order valence-electron chi connectivity index (χ4n) is 8.80. The molecule has 57 heavy (non-hydrogen) atoms. The van der Waals surface area contributed by atoms with Crippen molar-refractivity contribution in [3.8, 4) is 0 Å². The Morgan fingerprint density at radius 2 is 1.09 bits per heavy atom. The van der Waals surface area contributed by atoms with E-state index in [4.69, 9.17) is 9.47 Å². The van der Waals surface area contributed by atoms with Gasteiger partial charge in [-0.05, 0) is 83.2 Å². The lowest BCUT2D eigenvalue weighted by atomic mass is 9.94. The van der Waals surface area contributed by atoms with E-state index in [-0.39, 0.29) is 18.7 Å². The molecule has 7 heteroatoms. The van der Waals surface area contributed by atoms with Crippen LogP contribution in [0.25, 0.3) is 0 Å². The zero-order valence-corrected chi connectivity index (χ0v) is 38.5. The highest BCUT2D eigenvalue weighted by molar-refractivity contribution is 5.69. The van der Waals surface area contributed by atoms with Gasteiger partial charge in [0.2, 0.25) is 0 Å². The highest BCUT2D eigenvalue weighted by Gasteiger charge is 2.22. The van der Waals surface area contributed by atoms with Crippen LogP contribution in [-0.2, 0) is 19.1 Å². The second-order valence-corrected chi connectivity index (χ2v) is 17.9. The lowest BCUT2D eigenvalue weighted by Crippen LogP contribution is -2.42. The van der Waals surface area contributed by atoms with Crippen LogP contribution in [-0.4, -0.2) is 91.9 Å². The van der Waals surface area contributed by atoms with Crippen LogP contribution in [0.3, 0.4) is 0 Å². The van der Waals surface area contributed by atoms with Crippen LogP contribution >= 0.6 is 0 Å². The highest BCUT2D eigenvalue weighted by atomic mass is 16.5. The zero-order valence-electron chi connectivity index (χ0n) is 38.5. The van der Waals surface area contributed by atoms with Crippen LogP contribution in [0.1, 0.15) is 239 Å². The maximum absolute atomic E-state index is 12.8. The smallest absolute Gasteiger partial charge is 0.305 e. The van der Waals surface area contributed by atoms with Gasteiger partial charge in [-0.25, -0.2) is 0 Å². The van der Waals surface area contributed by atoms with E-state index < -0.39 is 0 Å². The molecule has 0 radical (unpaired) electrons. The van der Waals surface area contributed by atoms with Gasteiger partial charge in [0.15, 0.2) is 0 Å². The number of aldehydes is 1. The molecule has 1 aliphatic carbocycles. The van der Waals surface area contributed by atoms with E-state index in [1.807, 2.05) is 0 Å². The number of carbonyl (C=O) groups is 2. The van der Waals surface area contributed by atoms with Crippen molar-refractivity contribution in [1.29, 1.82) is 0 Å². The van der Waals surface area contributed by atoms with Crippen LogP contribution in [0.4, 0.5) is 0 Å². The van der Waals surface area contributed by atoms with Gasteiger partial charge >= 0.3 is 5.97 Å². The molecule has 7 nitrogen and oxygen atoms in total. The number of hydrogen-bond acceptors (Lipinski definition) is 7. The van der Waals surface area contributed by atoms with Crippen molar-refractivity contribution in [1.82, 2.24) is 9.80 Å². The number of unbranched alkanes of at least 4 members (excludes halogenated alkanes) is 21. The highest BCUT2D eigenvalue weighted by Crippen LogP contribution is 2.24. The van der Waals surface area contributed by atoms with Gasteiger partial charge in [0.25, 0.3) is 0 Å². The molecule has 1 unspecified atom stereocenters. The molecule has 1 atom stereocenters. The summed E-state index contributed by atoms with van der Waals surface area (Å²) in [6, 6.07) is 0.609. The lowest BCUT2D eigenvalue weighted by Gasteiger charge is -2.31. The Morgan fingerprint density at radius 3 is 1.63 bits per heavy atom. The Balaban J connectivity index is 2.45. The molecule has 1 aliphatic rings. The first-order valence-electron chi connectivity index (χ1n) is 25.4. The van der Waals surface area contributed by atoms with Crippen molar-refractivity contribution in [3.63, 3.8) is 0 Å². The van der Waals surface area contributed by atoms with Crippen LogP contribution < -0.4 is 0 Å². The van der Waals surface area contributed by atoms with Gasteiger partial charge in [-0.2, -0.15) is 0 Å². The average Bonchev–Trinajstić information content (AvgIpc) is 3.77. The first kappa shape index (κ1) is 54.0. The molecule has 0 aromatic rings. The van der Waals surface area contributed by atoms with Gasteiger partial charge in [0, 0.05) is 38.7 Å². The monoisotopic (exact) mass is 807 g/mol. The molecule has 1 saturated carbocycles. The molecular formula is C50H98N2O5. The number of ether oxygens (including phenoxy) is 2. The molecule has 0 saturated heterocycles. The van der Waals surface area contributed by atoms with E-state index >= 15 is 0 Å². The first-order chi connectivity index (χ1) is 28.1. The summed E-state index contributed by atoms with van der Waals surface area (Å²) >= 11 is 0. The molecule has 0 aromatic heterocycles. The third-order valence-electron chi connectivity index (χ3n) is 12.6. The summed E-state index contributed by atoms with van der Waals surface area (Å²) in [5, 5.41) is 9.79. The molecule has 0 bridgehead atoms. The van der Waals surface area contributed by atoms with E-state index in [0.29, 0.717) is 31.6 Å². The Kier molecular flexibility index (Phi) is 39.5. The Labute approximate surface area is 354 Å². The zero-order chi connectivity index (χ0) is 41.3. The van der Waals surface area contributed by atoms with Crippen molar-refractivity contribution >= 4 is 12.3 Å². The number of rotatable bonds is 45. The topological polar surface area (TPSA) is 79.3 Å². The number of esters is 1. The fraction of sp³-hybridized carbons (Fsp3) is 0.960. The van der Waals surface area contributed by atoms with Gasteiger partial charge in [0.1, 0.15) is 12.4 Å². The van der Waals surface area contributed by atoms with Gasteiger partial charge in [-0.15, -0.1) is 0 Å². The van der Waals surface area contributed by atoms with Crippen LogP contribution in [0.15, 0.2) is 0 Å². The number of hydrogen-bond donors (Lipinski definition) is 1. The predicted octanol–water partition coefficient (Wildman–Crippen LogP) is 13.0. The van der Waals surface area contributed by atoms with E-state index in [1.54, 1.807) is 0 Å². The quantitative estimate of drug-likeness (QED) is 0.0373. The maximum Gasteiger partial charge on any atom is 0.305 e. The van der Waals surface area contributed by atoms with Crippen molar-refractivity contribution in [2.45, 2.75) is 251 Å². The second-order valence-electron chi connectivity index (χ2n) is 17.9.